The number of carbonyl (C=O) groups excluding carboxylic acids is 2. The molecule has 0 spiro atoms. The lowest BCUT2D eigenvalue weighted by atomic mass is 9.88. The molecule has 1 saturated heterocycles. The number of nitrogens with zero attached hydrogens (tertiary/aromatic N) is 4. The fraction of sp³-hybridized carbons (Fsp3) is 0.387. The summed E-state index contributed by atoms with van der Waals surface area (Å²) >= 11 is 0. The van der Waals surface area contributed by atoms with Crippen LogP contribution < -0.4 is 5.32 Å². The molecular formula is C31H34N6O2. The summed E-state index contributed by atoms with van der Waals surface area (Å²) in [6.45, 7) is 3.57. The van der Waals surface area contributed by atoms with Crippen molar-refractivity contribution in [2.75, 3.05) is 18.4 Å². The highest BCUT2D eigenvalue weighted by Crippen LogP contribution is 2.31. The van der Waals surface area contributed by atoms with Crippen LogP contribution in [0.15, 0.2) is 54.9 Å². The van der Waals surface area contributed by atoms with Crippen molar-refractivity contribution in [3.05, 3.63) is 66.1 Å². The van der Waals surface area contributed by atoms with Crippen molar-refractivity contribution in [1.82, 2.24) is 24.8 Å². The quantitative estimate of drug-likeness (QED) is 0.305. The lowest BCUT2D eigenvalue weighted by Crippen LogP contribution is -2.38. The first kappa shape index (κ1) is 25.2. The minimum Gasteiger partial charge on any atom is -0.350 e. The number of anilines is 2. The lowest BCUT2D eigenvalue weighted by molar-refractivity contribution is -0.120. The number of likely N-dealkylation sites (tertiary alicyclic amines) is 1. The second kappa shape index (κ2) is 11.0. The topological polar surface area (TPSA) is 104 Å². The third kappa shape index (κ3) is 5.55. The maximum atomic E-state index is 13.4. The van der Waals surface area contributed by atoms with Gasteiger partial charge in [0.05, 0.1) is 11.4 Å². The summed E-state index contributed by atoms with van der Waals surface area (Å²) in [5, 5.41) is 4.28. The number of Topliss-reactive ketones (excluding diaryl/α,β-unsaturated/α-hetero) is 1. The minimum absolute atomic E-state index is 0.0518. The summed E-state index contributed by atoms with van der Waals surface area (Å²) in [5.41, 5.74) is 5.01. The van der Waals surface area contributed by atoms with E-state index >= 15 is 0 Å². The number of hydrogen-bond donors (Lipinski definition) is 2. The van der Waals surface area contributed by atoms with Crippen LogP contribution >= 0.6 is 0 Å². The summed E-state index contributed by atoms with van der Waals surface area (Å²) < 4.78 is 0. The monoisotopic (exact) mass is 522 g/mol. The smallest absolute Gasteiger partial charge is 0.270 e. The Balaban J connectivity index is 1.11. The Kier molecular flexibility index (Phi) is 7.09. The molecule has 1 unspecified atom stereocenters. The molecule has 4 heterocycles. The number of aromatic amines is 1. The van der Waals surface area contributed by atoms with E-state index in [0.29, 0.717) is 23.3 Å². The molecule has 39 heavy (non-hydrogen) atoms. The van der Waals surface area contributed by atoms with E-state index in [1.165, 1.54) is 0 Å². The number of ketones is 1. The fourth-order valence-electron chi connectivity index (χ4n) is 6.04. The molecule has 6 rings (SSSR count). The zero-order valence-electron chi connectivity index (χ0n) is 22.3. The Morgan fingerprint density at radius 2 is 1.90 bits per heavy atom. The Labute approximate surface area is 228 Å². The largest absolute Gasteiger partial charge is 0.350 e. The number of hydrogen-bond acceptors (Lipinski definition) is 6. The molecule has 1 amide bonds. The van der Waals surface area contributed by atoms with Gasteiger partial charge in [0.25, 0.3) is 5.91 Å². The van der Waals surface area contributed by atoms with Crippen LogP contribution in [0.3, 0.4) is 0 Å². The average molecular weight is 523 g/mol. The molecule has 2 aliphatic rings. The van der Waals surface area contributed by atoms with Gasteiger partial charge in [0.15, 0.2) is 0 Å². The van der Waals surface area contributed by atoms with E-state index in [2.05, 4.69) is 25.3 Å². The van der Waals surface area contributed by atoms with Gasteiger partial charge in [-0.2, -0.15) is 0 Å². The van der Waals surface area contributed by atoms with Crippen LogP contribution in [-0.4, -0.2) is 49.6 Å². The van der Waals surface area contributed by atoms with E-state index in [9.17, 15) is 9.59 Å². The molecule has 1 aromatic carbocycles. The van der Waals surface area contributed by atoms with Crippen LogP contribution in [0, 0.1) is 18.8 Å². The van der Waals surface area contributed by atoms with Crippen LogP contribution in [0.2, 0.25) is 0 Å². The van der Waals surface area contributed by atoms with Crippen molar-refractivity contribution < 1.29 is 9.59 Å². The van der Waals surface area contributed by atoms with Crippen molar-refractivity contribution in [2.45, 2.75) is 51.9 Å². The van der Waals surface area contributed by atoms with E-state index < -0.39 is 0 Å². The Hall–Kier alpha value is -4.07. The maximum absolute atomic E-state index is 13.4. The van der Waals surface area contributed by atoms with Crippen LogP contribution in [0.4, 0.5) is 11.6 Å². The average Bonchev–Trinajstić information content (AvgIpc) is 3.59. The SMILES string of the molecule is Cc1cc(Nc2nccc(-c3ccccn3)n2)cc2cc(C(=O)N3CCC(CCC4CCCC4=O)CC3)[nH]c12. The molecule has 2 fully saturated rings. The van der Waals surface area contributed by atoms with Crippen molar-refractivity contribution >= 4 is 34.2 Å². The van der Waals surface area contributed by atoms with Gasteiger partial charge in [-0.3, -0.25) is 14.6 Å². The lowest BCUT2D eigenvalue weighted by Gasteiger charge is -2.32. The van der Waals surface area contributed by atoms with E-state index in [0.717, 1.165) is 91.6 Å². The normalized spacial score (nSPS) is 18.1. The summed E-state index contributed by atoms with van der Waals surface area (Å²) in [4.78, 5) is 44.0. The van der Waals surface area contributed by atoms with Crippen molar-refractivity contribution in [2.24, 2.45) is 11.8 Å². The summed E-state index contributed by atoms with van der Waals surface area (Å²) in [6, 6.07) is 13.6. The van der Waals surface area contributed by atoms with Gasteiger partial charge >= 0.3 is 0 Å². The third-order valence-corrected chi connectivity index (χ3v) is 8.25. The number of aryl methyl sites for hydroxylation is 1. The molecule has 2 N–H and O–H groups in total. The number of carbonyl (C=O) groups is 2. The first-order valence-electron chi connectivity index (χ1n) is 14.0. The van der Waals surface area contributed by atoms with Gasteiger partial charge in [0, 0.05) is 54.4 Å². The molecule has 8 nitrogen and oxygen atoms in total. The van der Waals surface area contributed by atoms with Gasteiger partial charge in [-0.15, -0.1) is 0 Å². The van der Waals surface area contributed by atoms with Gasteiger partial charge in [-0.1, -0.05) is 6.07 Å². The van der Waals surface area contributed by atoms with Gasteiger partial charge in [-0.25, -0.2) is 9.97 Å². The number of fused-ring (bicyclic) bond motifs is 1. The number of piperidine rings is 1. The molecule has 1 aliphatic carbocycles. The molecule has 3 aromatic heterocycles. The van der Waals surface area contributed by atoms with Crippen LogP contribution in [-0.2, 0) is 4.79 Å². The highest BCUT2D eigenvalue weighted by atomic mass is 16.2. The van der Waals surface area contributed by atoms with Gasteiger partial charge in [0.2, 0.25) is 5.95 Å². The zero-order valence-corrected chi connectivity index (χ0v) is 22.3. The molecule has 4 aromatic rings. The fourth-order valence-corrected chi connectivity index (χ4v) is 6.04. The maximum Gasteiger partial charge on any atom is 0.270 e. The van der Waals surface area contributed by atoms with E-state index in [-0.39, 0.29) is 11.8 Å². The third-order valence-electron chi connectivity index (χ3n) is 8.25. The van der Waals surface area contributed by atoms with E-state index in [1.54, 1.807) is 12.4 Å². The number of benzene rings is 1. The molecule has 0 bridgehead atoms. The number of pyridine rings is 1. The molecule has 1 saturated carbocycles. The highest BCUT2D eigenvalue weighted by molar-refractivity contribution is 5.99. The molecule has 8 heteroatoms. The highest BCUT2D eigenvalue weighted by Gasteiger charge is 2.28. The predicted octanol–water partition coefficient (Wildman–Crippen LogP) is 6.07. The minimum atomic E-state index is 0.0518. The van der Waals surface area contributed by atoms with Crippen molar-refractivity contribution in [3.63, 3.8) is 0 Å². The van der Waals surface area contributed by atoms with Gasteiger partial charge in [0.1, 0.15) is 11.5 Å². The first-order chi connectivity index (χ1) is 19.0. The van der Waals surface area contributed by atoms with E-state index in [1.807, 2.05) is 54.3 Å². The summed E-state index contributed by atoms with van der Waals surface area (Å²) in [7, 11) is 0. The Morgan fingerprint density at radius 1 is 1.03 bits per heavy atom. The number of nitrogens with one attached hydrogen (secondary N) is 2. The first-order valence-corrected chi connectivity index (χ1v) is 14.0. The van der Waals surface area contributed by atoms with Crippen LogP contribution in [0.1, 0.15) is 61.0 Å². The standard InChI is InChI=1S/C31H34N6O2/c1-20-17-24(34-31-33-14-10-26(36-31)25-6-2-3-13-32-25)18-23-19-27(35-29(20)23)30(39)37-15-11-21(12-16-37)8-9-22-5-4-7-28(22)38/h2-3,6,10,13-14,17-19,21-22,35H,4-5,7-9,11-12,15-16H2,1H3,(H,33,34,36). The second-order valence-electron chi connectivity index (χ2n) is 10.9. The Bertz CT molecular complexity index is 1490. The molecule has 1 atom stereocenters. The number of amides is 1. The molecular weight excluding hydrogens is 488 g/mol. The number of H-pyrrole nitrogens is 1. The predicted molar refractivity (Wildman–Crippen MR) is 152 cm³/mol. The summed E-state index contributed by atoms with van der Waals surface area (Å²) in [6.07, 6.45) is 10.5. The van der Waals surface area contributed by atoms with Crippen LogP contribution in [0.25, 0.3) is 22.3 Å². The Morgan fingerprint density at radius 3 is 2.67 bits per heavy atom. The molecule has 0 radical (unpaired) electrons. The van der Waals surface area contributed by atoms with Crippen molar-refractivity contribution in [1.29, 1.82) is 0 Å². The molecule has 1 aliphatic heterocycles. The van der Waals surface area contributed by atoms with Gasteiger partial charge in [-0.05, 0) is 93.3 Å². The van der Waals surface area contributed by atoms with Crippen molar-refractivity contribution in [3.8, 4) is 11.4 Å². The van der Waals surface area contributed by atoms with Gasteiger partial charge < -0.3 is 15.2 Å². The zero-order chi connectivity index (χ0) is 26.8. The summed E-state index contributed by atoms with van der Waals surface area (Å²) in [5.74, 6) is 1.90. The molecule has 200 valence electrons. The number of rotatable bonds is 7. The second-order valence-corrected chi connectivity index (χ2v) is 10.9. The number of aromatic nitrogens is 4. The van der Waals surface area contributed by atoms with Crippen LogP contribution in [0.5, 0.6) is 0 Å². The van der Waals surface area contributed by atoms with E-state index in [4.69, 9.17) is 0 Å².